The van der Waals surface area contributed by atoms with E-state index < -0.39 is 17.6 Å². The molecule has 0 saturated heterocycles. The van der Waals surface area contributed by atoms with Gasteiger partial charge < -0.3 is 15.5 Å². The first-order valence-corrected chi connectivity index (χ1v) is 10.7. The van der Waals surface area contributed by atoms with E-state index in [1.807, 2.05) is 6.92 Å². The summed E-state index contributed by atoms with van der Waals surface area (Å²) in [6, 6.07) is 15.0. The van der Waals surface area contributed by atoms with Gasteiger partial charge in [0, 0.05) is 35.4 Å². The van der Waals surface area contributed by atoms with E-state index in [0.717, 1.165) is 6.07 Å². The lowest BCUT2D eigenvalue weighted by Gasteiger charge is -2.18. The molecule has 3 aromatic carbocycles. The number of carbonyl (C=O) groups is 2. The number of anilines is 2. The van der Waals surface area contributed by atoms with Gasteiger partial charge in [-0.05, 0) is 61.5 Å². The van der Waals surface area contributed by atoms with Gasteiger partial charge in [-0.25, -0.2) is 4.39 Å². The Morgan fingerprint density at radius 2 is 1.71 bits per heavy atom. The first-order valence-electron chi connectivity index (χ1n) is 10.3. The predicted molar refractivity (Wildman–Crippen MR) is 133 cm³/mol. The monoisotopic (exact) mass is 476 g/mol. The summed E-state index contributed by atoms with van der Waals surface area (Å²) in [6.45, 7) is 2.46. The van der Waals surface area contributed by atoms with Crippen molar-refractivity contribution < 1.29 is 14.0 Å². The maximum atomic E-state index is 14.7. The lowest BCUT2D eigenvalue weighted by Crippen LogP contribution is -2.26. The number of carbonyl (C=O) groups excluding carboxylic acids is 2. The van der Waals surface area contributed by atoms with Gasteiger partial charge in [-0.1, -0.05) is 23.6 Å². The second-order valence-corrected chi connectivity index (χ2v) is 7.81. The highest BCUT2D eigenvalue weighted by atomic mass is 35.5. The molecule has 172 valence electrons. The molecule has 0 aliphatic rings. The average molecular weight is 477 g/mol. The highest BCUT2D eigenvalue weighted by Gasteiger charge is 2.19. The van der Waals surface area contributed by atoms with E-state index in [2.05, 4.69) is 16.6 Å². The first-order chi connectivity index (χ1) is 16.2. The summed E-state index contributed by atoms with van der Waals surface area (Å²) in [5.41, 5.74) is 1.56. The summed E-state index contributed by atoms with van der Waals surface area (Å²) in [6.07, 6.45) is 5.34. The van der Waals surface area contributed by atoms with E-state index in [0.29, 0.717) is 28.4 Å². The van der Waals surface area contributed by atoms with Crippen LogP contribution in [0.25, 0.3) is 0 Å². The number of hydrogen-bond donors (Lipinski definition) is 3. The zero-order chi connectivity index (χ0) is 24.8. The number of amides is 2. The molecule has 0 spiro atoms. The molecule has 0 aliphatic heterocycles. The summed E-state index contributed by atoms with van der Waals surface area (Å²) in [5.74, 6) is 0.595. The lowest BCUT2D eigenvalue weighted by atomic mass is 10.1. The topological polar surface area (TPSA) is 85.3 Å². The molecule has 3 aromatic rings. The van der Waals surface area contributed by atoms with Crippen LogP contribution in [-0.2, 0) is 0 Å². The van der Waals surface area contributed by atoms with Crippen molar-refractivity contribution in [1.29, 1.82) is 5.41 Å². The van der Waals surface area contributed by atoms with Crippen molar-refractivity contribution in [3.8, 4) is 12.3 Å². The Morgan fingerprint density at radius 3 is 2.32 bits per heavy atom. The van der Waals surface area contributed by atoms with Crippen LogP contribution < -0.4 is 10.6 Å². The van der Waals surface area contributed by atoms with Crippen LogP contribution in [0.15, 0.2) is 60.7 Å². The molecule has 0 heterocycles. The maximum absolute atomic E-state index is 14.7. The van der Waals surface area contributed by atoms with Gasteiger partial charge in [0.15, 0.2) is 0 Å². The second-order valence-electron chi connectivity index (χ2n) is 7.38. The largest absolute Gasteiger partial charge is 0.360 e. The molecule has 0 atom stereocenters. The molecular weight excluding hydrogens is 455 g/mol. The number of nitrogens with zero attached hydrogens (tertiary/aromatic N) is 1. The normalized spacial score (nSPS) is 10.2. The van der Waals surface area contributed by atoms with Crippen LogP contribution >= 0.6 is 11.6 Å². The Balaban J connectivity index is 1.83. The number of terminal acetylenes is 1. The van der Waals surface area contributed by atoms with E-state index in [1.165, 1.54) is 30.3 Å². The van der Waals surface area contributed by atoms with Crippen molar-refractivity contribution in [2.45, 2.75) is 6.92 Å². The number of nitrogens with one attached hydrogen (secondary N) is 3. The molecule has 0 fully saturated rings. The lowest BCUT2D eigenvalue weighted by molar-refractivity contribution is 0.102. The van der Waals surface area contributed by atoms with Gasteiger partial charge in [-0.15, -0.1) is 6.42 Å². The quantitative estimate of drug-likeness (QED) is 0.258. The number of benzene rings is 3. The highest BCUT2D eigenvalue weighted by molar-refractivity contribution is 6.31. The molecule has 0 aromatic heterocycles. The van der Waals surface area contributed by atoms with Crippen molar-refractivity contribution in [1.82, 2.24) is 4.90 Å². The summed E-state index contributed by atoms with van der Waals surface area (Å²) in [5, 5.41) is 13.7. The number of amidine groups is 1. The van der Waals surface area contributed by atoms with Crippen LogP contribution in [0.1, 0.15) is 38.8 Å². The molecule has 3 N–H and O–H groups in total. The SMILES string of the molecule is C#Cc1ccc(NC(=O)c2cc(Cl)ccc2NC(=O)c2ccc(C(=N)N(C)CC)cc2F)cc1. The third-order valence-corrected chi connectivity index (χ3v) is 5.36. The van der Waals surface area contributed by atoms with Gasteiger partial charge >= 0.3 is 0 Å². The zero-order valence-corrected chi connectivity index (χ0v) is 19.3. The number of halogens is 2. The van der Waals surface area contributed by atoms with E-state index in [-0.39, 0.29) is 22.6 Å². The van der Waals surface area contributed by atoms with Crippen molar-refractivity contribution in [3.63, 3.8) is 0 Å². The van der Waals surface area contributed by atoms with E-state index in [4.69, 9.17) is 23.4 Å². The minimum Gasteiger partial charge on any atom is -0.360 e. The molecule has 0 saturated carbocycles. The summed E-state index contributed by atoms with van der Waals surface area (Å²) >= 11 is 6.07. The third kappa shape index (κ3) is 5.61. The molecule has 3 rings (SSSR count). The van der Waals surface area contributed by atoms with Crippen molar-refractivity contribution >= 4 is 40.6 Å². The Labute approximate surface area is 202 Å². The van der Waals surface area contributed by atoms with Crippen LogP contribution in [-0.4, -0.2) is 36.1 Å². The molecule has 0 unspecified atom stereocenters. The van der Waals surface area contributed by atoms with Gasteiger partial charge in [0.2, 0.25) is 0 Å². The molecule has 0 aliphatic carbocycles. The van der Waals surface area contributed by atoms with Crippen molar-refractivity contribution in [2.24, 2.45) is 0 Å². The van der Waals surface area contributed by atoms with Gasteiger partial charge in [0.1, 0.15) is 11.7 Å². The van der Waals surface area contributed by atoms with E-state index in [9.17, 15) is 14.0 Å². The molecular formula is C26H22ClFN4O2. The number of hydrogen-bond acceptors (Lipinski definition) is 3. The fourth-order valence-electron chi connectivity index (χ4n) is 3.08. The van der Waals surface area contributed by atoms with Crippen molar-refractivity contribution in [3.05, 3.63) is 93.8 Å². The molecule has 0 radical (unpaired) electrons. The third-order valence-electron chi connectivity index (χ3n) is 5.13. The predicted octanol–water partition coefficient (Wildman–Crippen LogP) is 5.24. The summed E-state index contributed by atoms with van der Waals surface area (Å²) < 4.78 is 14.7. The van der Waals surface area contributed by atoms with Crippen LogP contribution in [0.4, 0.5) is 15.8 Å². The molecule has 34 heavy (non-hydrogen) atoms. The Morgan fingerprint density at radius 1 is 1.03 bits per heavy atom. The molecule has 8 heteroatoms. The maximum Gasteiger partial charge on any atom is 0.258 e. The minimum absolute atomic E-state index is 0.102. The van der Waals surface area contributed by atoms with Gasteiger partial charge in [0.05, 0.1) is 16.8 Å². The fourth-order valence-corrected chi connectivity index (χ4v) is 3.25. The van der Waals surface area contributed by atoms with Gasteiger partial charge in [-0.2, -0.15) is 0 Å². The first kappa shape index (κ1) is 24.5. The fraction of sp³-hybridized carbons (Fsp3) is 0.115. The Bertz CT molecular complexity index is 1300. The Kier molecular flexibility index (Phi) is 7.67. The van der Waals surface area contributed by atoms with Crippen LogP contribution in [0.5, 0.6) is 0 Å². The molecule has 2 amide bonds. The highest BCUT2D eigenvalue weighted by Crippen LogP contribution is 2.24. The standard InChI is InChI=1S/C26H22ClFN4O2/c1-4-16-6-10-19(11-7-16)30-26(34)21-15-18(27)9-13-23(21)31-25(33)20-12-8-17(14-22(20)28)24(29)32(3)5-2/h1,6-15,29H,5H2,2-3H3,(H,30,34)(H,31,33). The molecule has 0 bridgehead atoms. The van der Waals surface area contributed by atoms with Gasteiger partial charge in [0.25, 0.3) is 11.8 Å². The summed E-state index contributed by atoms with van der Waals surface area (Å²) in [7, 11) is 1.72. The van der Waals surface area contributed by atoms with Crippen LogP contribution in [0.3, 0.4) is 0 Å². The van der Waals surface area contributed by atoms with Crippen molar-refractivity contribution in [2.75, 3.05) is 24.2 Å². The van der Waals surface area contributed by atoms with Gasteiger partial charge in [-0.3, -0.25) is 15.0 Å². The molecule has 6 nitrogen and oxygen atoms in total. The van der Waals surface area contributed by atoms with E-state index in [1.54, 1.807) is 36.2 Å². The summed E-state index contributed by atoms with van der Waals surface area (Å²) in [4.78, 5) is 27.3. The smallest absolute Gasteiger partial charge is 0.258 e. The second kappa shape index (κ2) is 10.6. The van der Waals surface area contributed by atoms with Crippen LogP contribution in [0.2, 0.25) is 5.02 Å². The average Bonchev–Trinajstić information content (AvgIpc) is 2.84. The number of rotatable bonds is 6. The zero-order valence-electron chi connectivity index (χ0n) is 18.6. The minimum atomic E-state index is -0.780. The Hall–Kier alpha value is -4.15. The van der Waals surface area contributed by atoms with E-state index >= 15 is 0 Å². The van der Waals surface area contributed by atoms with Crippen LogP contribution in [0, 0.1) is 23.6 Å².